The summed E-state index contributed by atoms with van der Waals surface area (Å²) in [7, 11) is -1.56. The number of rotatable bonds is 3. The standard InChI is InChI=1S/C20H28N2Si/c1-7-22-18-11-9-8-10-16(18)17-14-15(12-13-19(17)22)21-23(5,6)20(2,3)4/h8-14,21H,7H2,1-6H3. The van der Waals surface area contributed by atoms with E-state index in [-0.39, 0.29) is 0 Å². The topological polar surface area (TPSA) is 17.0 Å². The van der Waals surface area contributed by atoms with Gasteiger partial charge in [-0.15, -0.1) is 0 Å². The zero-order chi connectivity index (χ0) is 16.8. The van der Waals surface area contributed by atoms with Crippen LogP contribution in [0.4, 0.5) is 5.69 Å². The van der Waals surface area contributed by atoms with E-state index in [4.69, 9.17) is 0 Å². The van der Waals surface area contributed by atoms with E-state index in [0.717, 1.165) is 6.54 Å². The van der Waals surface area contributed by atoms with Crippen molar-refractivity contribution in [3.05, 3.63) is 42.5 Å². The fourth-order valence-electron chi connectivity index (χ4n) is 3.02. The van der Waals surface area contributed by atoms with Gasteiger partial charge in [0.25, 0.3) is 0 Å². The first-order chi connectivity index (χ1) is 10.7. The SMILES string of the molecule is CCn1c2ccccc2c2cc(N[Si](C)(C)C(C)(C)C)ccc21. The molecule has 1 N–H and O–H groups in total. The Hall–Kier alpha value is -1.74. The van der Waals surface area contributed by atoms with Gasteiger partial charge < -0.3 is 9.55 Å². The highest BCUT2D eigenvalue weighted by atomic mass is 28.3. The largest absolute Gasteiger partial charge is 0.410 e. The number of anilines is 1. The molecule has 3 aromatic rings. The molecule has 0 saturated carbocycles. The van der Waals surface area contributed by atoms with Crippen molar-refractivity contribution in [1.82, 2.24) is 4.57 Å². The third-order valence-electron chi connectivity index (χ3n) is 5.42. The van der Waals surface area contributed by atoms with Gasteiger partial charge in [0, 0.05) is 34.0 Å². The highest BCUT2D eigenvalue weighted by Gasteiger charge is 2.35. The van der Waals surface area contributed by atoms with Gasteiger partial charge in [0.2, 0.25) is 0 Å². The first-order valence-electron chi connectivity index (χ1n) is 8.54. The molecular formula is C20H28N2Si. The van der Waals surface area contributed by atoms with Crippen LogP contribution in [-0.4, -0.2) is 12.8 Å². The minimum atomic E-state index is -1.56. The Morgan fingerprint density at radius 3 is 2.26 bits per heavy atom. The van der Waals surface area contributed by atoms with Crippen LogP contribution in [0.15, 0.2) is 42.5 Å². The number of fused-ring (bicyclic) bond motifs is 3. The average molecular weight is 325 g/mol. The number of nitrogens with one attached hydrogen (secondary N) is 1. The molecule has 1 aromatic heterocycles. The van der Waals surface area contributed by atoms with Crippen molar-refractivity contribution >= 4 is 35.7 Å². The molecule has 0 fully saturated rings. The van der Waals surface area contributed by atoms with Crippen molar-refractivity contribution in [2.75, 3.05) is 4.98 Å². The molecule has 2 aromatic carbocycles. The van der Waals surface area contributed by atoms with Crippen LogP contribution in [0.25, 0.3) is 21.8 Å². The predicted molar refractivity (Wildman–Crippen MR) is 106 cm³/mol. The van der Waals surface area contributed by atoms with Crippen LogP contribution in [0.2, 0.25) is 18.1 Å². The number of hydrogen-bond acceptors (Lipinski definition) is 1. The fraction of sp³-hybridized carbons (Fsp3) is 0.400. The lowest BCUT2D eigenvalue weighted by atomic mass is 10.1. The van der Waals surface area contributed by atoms with E-state index in [0.29, 0.717) is 5.04 Å². The molecule has 0 radical (unpaired) electrons. The molecule has 0 spiro atoms. The lowest BCUT2D eigenvalue weighted by molar-refractivity contribution is 0.723. The van der Waals surface area contributed by atoms with Crippen LogP contribution >= 0.6 is 0 Å². The quantitative estimate of drug-likeness (QED) is 0.565. The Balaban J connectivity index is 2.15. The van der Waals surface area contributed by atoms with Crippen molar-refractivity contribution < 1.29 is 0 Å². The molecule has 0 amide bonds. The van der Waals surface area contributed by atoms with E-state index in [9.17, 15) is 0 Å². The lowest BCUT2D eigenvalue weighted by Gasteiger charge is -2.38. The molecule has 0 saturated heterocycles. The number of nitrogens with zero attached hydrogens (tertiary/aromatic N) is 1. The molecule has 122 valence electrons. The van der Waals surface area contributed by atoms with Gasteiger partial charge in [0.15, 0.2) is 8.24 Å². The summed E-state index contributed by atoms with van der Waals surface area (Å²) in [6.07, 6.45) is 0. The lowest BCUT2D eigenvalue weighted by Crippen LogP contribution is -2.45. The van der Waals surface area contributed by atoms with E-state index in [2.05, 4.69) is 92.8 Å². The number of aromatic nitrogens is 1. The Morgan fingerprint density at radius 2 is 1.61 bits per heavy atom. The summed E-state index contributed by atoms with van der Waals surface area (Å²) in [4.78, 5) is 3.87. The van der Waals surface area contributed by atoms with E-state index >= 15 is 0 Å². The average Bonchev–Trinajstić information content (AvgIpc) is 2.79. The Bertz CT molecular complexity index is 853. The van der Waals surface area contributed by atoms with Crippen molar-refractivity contribution in [3.63, 3.8) is 0 Å². The molecule has 1 heterocycles. The third kappa shape index (κ3) is 2.67. The molecule has 0 aliphatic carbocycles. The second kappa shape index (κ2) is 5.41. The van der Waals surface area contributed by atoms with Crippen molar-refractivity contribution in [2.45, 2.75) is 52.4 Å². The van der Waals surface area contributed by atoms with Crippen molar-refractivity contribution in [2.24, 2.45) is 0 Å². The number of para-hydroxylation sites is 1. The zero-order valence-electron chi connectivity index (χ0n) is 15.2. The van der Waals surface area contributed by atoms with Crippen LogP contribution in [0, 0.1) is 0 Å². The highest BCUT2D eigenvalue weighted by Crippen LogP contribution is 2.37. The molecule has 0 aliphatic heterocycles. The van der Waals surface area contributed by atoms with E-state index < -0.39 is 8.24 Å². The third-order valence-corrected chi connectivity index (χ3v) is 10.1. The molecule has 0 bridgehead atoms. The summed E-state index contributed by atoms with van der Waals surface area (Å²) >= 11 is 0. The van der Waals surface area contributed by atoms with Gasteiger partial charge in [-0.05, 0) is 36.2 Å². The van der Waals surface area contributed by atoms with Gasteiger partial charge in [-0.3, -0.25) is 0 Å². The Kier molecular flexibility index (Phi) is 3.79. The molecule has 0 unspecified atom stereocenters. The summed E-state index contributed by atoms with van der Waals surface area (Å²) in [6.45, 7) is 15.1. The number of aryl methyl sites for hydroxylation is 1. The second-order valence-electron chi connectivity index (χ2n) is 7.99. The Labute approximate surface area is 140 Å². The molecule has 0 aliphatic rings. The summed E-state index contributed by atoms with van der Waals surface area (Å²) < 4.78 is 2.40. The van der Waals surface area contributed by atoms with Crippen LogP contribution in [0.1, 0.15) is 27.7 Å². The van der Waals surface area contributed by atoms with Gasteiger partial charge in [-0.1, -0.05) is 52.1 Å². The maximum absolute atomic E-state index is 3.87. The van der Waals surface area contributed by atoms with Crippen LogP contribution in [0.5, 0.6) is 0 Å². The molecule has 3 rings (SSSR count). The molecule has 0 atom stereocenters. The first kappa shape index (κ1) is 16.1. The first-order valence-corrected chi connectivity index (χ1v) is 11.5. The molecular weight excluding hydrogens is 296 g/mol. The Morgan fingerprint density at radius 1 is 0.957 bits per heavy atom. The normalized spacial score (nSPS) is 13.0. The van der Waals surface area contributed by atoms with Crippen molar-refractivity contribution in [1.29, 1.82) is 0 Å². The number of benzene rings is 2. The maximum Gasteiger partial charge on any atom is 0.152 e. The monoisotopic (exact) mass is 324 g/mol. The molecule has 3 heteroatoms. The van der Waals surface area contributed by atoms with Gasteiger partial charge in [-0.25, -0.2) is 0 Å². The molecule has 2 nitrogen and oxygen atoms in total. The smallest absolute Gasteiger partial charge is 0.152 e. The van der Waals surface area contributed by atoms with Gasteiger partial charge in [0.05, 0.1) is 0 Å². The van der Waals surface area contributed by atoms with Gasteiger partial charge >= 0.3 is 0 Å². The van der Waals surface area contributed by atoms with Crippen LogP contribution in [0.3, 0.4) is 0 Å². The van der Waals surface area contributed by atoms with E-state index in [1.165, 1.54) is 27.5 Å². The van der Waals surface area contributed by atoms with E-state index in [1.807, 2.05) is 0 Å². The van der Waals surface area contributed by atoms with Crippen LogP contribution in [-0.2, 0) is 6.54 Å². The summed E-state index contributed by atoms with van der Waals surface area (Å²) in [5, 5.41) is 3.02. The minimum Gasteiger partial charge on any atom is -0.410 e. The zero-order valence-corrected chi connectivity index (χ0v) is 16.2. The minimum absolute atomic E-state index is 0.319. The second-order valence-corrected chi connectivity index (χ2v) is 13.0. The van der Waals surface area contributed by atoms with E-state index in [1.54, 1.807) is 0 Å². The fourth-order valence-corrected chi connectivity index (χ4v) is 4.27. The molecule has 23 heavy (non-hydrogen) atoms. The highest BCUT2D eigenvalue weighted by molar-refractivity contribution is 6.83. The summed E-state index contributed by atoms with van der Waals surface area (Å²) in [5.74, 6) is 0. The van der Waals surface area contributed by atoms with Gasteiger partial charge in [0.1, 0.15) is 0 Å². The van der Waals surface area contributed by atoms with Crippen LogP contribution < -0.4 is 4.98 Å². The summed E-state index contributed by atoms with van der Waals surface area (Å²) in [5.41, 5.74) is 3.91. The van der Waals surface area contributed by atoms with Gasteiger partial charge in [-0.2, -0.15) is 0 Å². The summed E-state index contributed by atoms with van der Waals surface area (Å²) in [6, 6.07) is 15.6. The maximum atomic E-state index is 3.87. The van der Waals surface area contributed by atoms with Crippen molar-refractivity contribution in [3.8, 4) is 0 Å². The predicted octanol–water partition coefficient (Wildman–Crippen LogP) is 6.23. The number of hydrogen-bond donors (Lipinski definition) is 1.